The smallest absolute Gasteiger partial charge is 0.317 e. The number of ether oxygens (including phenoxy) is 2. The number of fused-ring (bicyclic) bond motifs is 3. The van der Waals surface area contributed by atoms with Crippen LogP contribution >= 0.6 is 0 Å². The van der Waals surface area contributed by atoms with Crippen LogP contribution in [0.2, 0.25) is 0 Å². The van der Waals surface area contributed by atoms with E-state index in [2.05, 4.69) is 10.9 Å². The number of nitrogens with one attached hydrogen (secondary N) is 2. The van der Waals surface area contributed by atoms with E-state index in [-0.39, 0.29) is 17.4 Å². The molecular weight excluding hydrogens is 328 g/mol. The SMILES string of the molecule is O=C(Oc1ccc2c(c1)C1NNC=C1CO2)C12CC3CC(CC(C3)C1)C2. The van der Waals surface area contributed by atoms with Gasteiger partial charge >= 0.3 is 5.97 Å². The number of hydrogen-bond donors (Lipinski definition) is 2. The summed E-state index contributed by atoms with van der Waals surface area (Å²) in [7, 11) is 0. The second kappa shape index (κ2) is 5.26. The van der Waals surface area contributed by atoms with Gasteiger partial charge in [-0.05, 0) is 74.5 Å². The van der Waals surface area contributed by atoms with Gasteiger partial charge in [-0.15, -0.1) is 0 Å². The molecule has 0 amide bonds. The van der Waals surface area contributed by atoms with Crippen molar-refractivity contribution < 1.29 is 14.3 Å². The maximum Gasteiger partial charge on any atom is 0.317 e. The Hall–Kier alpha value is -2.01. The fourth-order valence-corrected chi connectivity index (χ4v) is 6.48. The molecule has 0 aromatic heterocycles. The average Bonchev–Trinajstić information content (AvgIpc) is 3.10. The first-order valence-electron chi connectivity index (χ1n) is 9.88. The van der Waals surface area contributed by atoms with E-state index in [0.717, 1.165) is 48.3 Å². The Bertz CT molecular complexity index is 780. The van der Waals surface area contributed by atoms with Gasteiger partial charge in [-0.2, -0.15) is 0 Å². The summed E-state index contributed by atoms with van der Waals surface area (Å²) in [4.78, 5) is 13.2. The molecule has 26 heavy (non-hydrogen) atoms. The zero-order valence-corrected chi connectivity index (χ0v) is 14.8. The molecule has 5 heteroatoms. The molecule has 0 spiro atoms. The van der Waals surface area contributed by atoms with Gasteiger partial charge < -0.3 is 14.9 Å². The van der Waals surface area contributed by atoms with Gasteiger partial charge in [0.05, 0.1) is 11.5 Å². The lowest BCUT2D eigenvalue weighted by molar-refractivity contribution is -0.161. The van der Waals surface area contributed by atoms with Crippen LogP contribution in [-0.2, 0) is 4.79 Å². The van der Waals surface area contributed by atoms with Gasteiger partial charge in [-0.1, -0.05) is 0 Å². The standard InChI is InChI=1S/C21H24N2O3/c24-20(21-7-12-3-13(8-21)5-14(4-12)9-21)26-16-1-2-18-17(6-16)19-15(11-25-18)10-22-23-19/h1-2,6,10,12-14,19,22-23H,3-5,7-9,11H2. The van der Waals surface area contributed by atoms with Crippen molar-refractivity contribution in [3.05, 3.63) is 35.5 Å². The summed E-state index contributed by atoms with van der Waals surface area (Å²) in [6, 6.07) is 5.85. The van der Waals surface area contributed by atoms with Crippen molar-refractivity contribution in [2.45, 2.75) is 44.6 Å². The van der Waals surface area contributed by atoms with Gasteiger partial charge in [-0.25, -0.2) is 5.43 Å². The molecule has 0 saturated heterocycles. The zero-order valence-electron chi connectivity index (χ0n) is 14.8. The van der Waals surface area contributed by atoms with E-state index >= 15 is 0 Å². The predicted octanol–water partition coefficient (Wildman–Crippen LogP) is 3.23. The van der Waals surface area contributed by atoms with Crippen molar-refractivity contribution in [1.29, 1.82) is 0 Å². The van der Waals surface area contributed by atoms with Crippen LogP contribution in [0.5, 0.6) is 11.5 Å². The molecule has 4 saturated carbocycles. The quantitative estimate of drug-likeness (QED) is 0.632. The second-order valence-electron chi connectivity index (χ2n) is 9.02. The minimum atomic E-state index is -0.223. The molecule has 136 valence electrons. The largest absolute Gasteiger partial charge is 0.489 e. The lowest BCUT2D eigenvalue weighted by Gasteiger charge is -2.55. The molecule has 1 aromatic rings. The first kappa shape index (κ1) is 15.1. The van der Waals surface area contributed by atoms with E-state index in [0.29, 0.717) is 12.4 Å². The van der Waals surface area contributed by atoms with E-state index in [1.807, 2.05) is 24.4 Å². The number of hydrazine groups is 1. The molecular formula is C21H24N2O3. The number of benzene rings is 1. The summed E-state index contributed by atoms with van der Waals surface area (Å²) in [5, 5.41) is 0. The monoisotopic (exact) mass is 352 g/mol. The van der Waals surface area contributed by atoms with Crippen molar-refractivity contribution in [3.63, 3.8) is 0 Å². The van der Waals surface area contributed by atoms with Gasteiger partial charge in [-0.3, -0.25) is 4.79 Å². The summed E-state index contributed by atoms with van der Waals surface area (Å²) in [6.45, 7) is 0.587. The molecule has 2 N–H and O–H groups in total. The Morgan fingerprint density at radius 3 is 2.58 bits per heavy atom. The summed E-state index contributed by atoms with van der Waals surface area (Å²) in [6.07, 6.45) is 9.04. The van der Waals surface area contributed by atoms with E-state index in [9.17, 15) is 4.79 Å². The summed E-state index contributed by atoms with van der Waals surface area (Å²) < 4.78 is 11.8. The highest BCUT2D eigenvalue weighted by molar-refractivity contribution is 5.80. The van der Waals surface area contributed by atoms with Crippen LogP contribution in [0.3, 0.4) is 0 Å². The molecule has 4 bridgehead atoms. The fraction of sp³-hybridized carbons (Fsp3) is 0.571. The van der Waals surface area contributed by atoms with Gasteiger partial charge in [0.2, 0.25) is 0 Å². The topological polar surface area (TPSA) is 59.6 Å². The molecule has 2 aliphatic heterocycles. The fourth-order valence-electron chi connectivity index (χ4n) is 6.48. The maximum absolute atomic E-state index is 13.2. The van der Waals surface area contributed by atoms with Crippen molar-refractivity contribution in [2.75, 3.05) is 6.61 Å². The van der Waals surface area contributed by atoms with Crippen LogP contribution in [0.1, 0.15) is 50.1 Å². The minimum absolute atomic E-state index is 0.00143. The molecule has 1 unspecified atom stereocenters. The third-order valence-electron chi connectivity index (χ3n) is 7.22. The molecule has 5 nitrogen and oxygen atoms in total. The van der Waals surface area contributed by atoms with E-state index in [1.54, 1.807) is 0 Å². The average molecular weight is 352 g/mol. The van der Waals surface area contributed by atoms with E-state index < -0.39 is 0 Å². The Labute approximate surface area is 153 Å². The maximum atomic E-state index is 13.2. The molecule has 1 aromatic carbocycles. The van der Waals surface area contributed by atoms with Gasteiger partial charge in [0.1, 0.15) is 18.1 Å². The Kier molecular flexibility index (Phi) is 3.05. The van der Waals surface area contributed by atoms with Gasteiger partial charge in [0.15, 0.2) is 0 Å². The molecule has 7 rings (SSSR count). The van der Waals surface area contributed by atoms with Crippen LogP contribution in [0.25, 0.3) is 0 Å². The Balaban J connectivity index is 1.27. The zero-order chi connectivity index (χ0) is 17.3. The molecule has 4 aliphatic carbocycles. The normalized spacial score (nSPS) is 38.7. The van der Waals surface area contributed by atoms with Crippen LogP contribution in [0.15, 0.2) is 30.0 Å². The summed E-state index contributed by atoms with van der Waals surface area (Å²) >= 11 is 0. The second-order valence-corrected chi connectivity index (χ2v) is 9.02. The predicted molar refractivity (Wildman–Crippen MR) is 95.3 cm³/mol. The number of carbonyl (C=O) groups is 1. The summed E-state index contributed by atoms with van der Waals surface area (Å²) in [5.41, 5.74) is 8.27. The van der Waals surface area contributed by atoms with Crippen molar-refractivity contribution in [1.82, 2.24) is 10.9 Å². The van der Waals surface area contributed by atoms with Gasteiger partial charge in [0, 0.05) is 17.3 Å². The van der Waals surface area contributed by atoms with Crippen LogP contribution in [0.4, 0.5) is 0 Å². The number of carbonyl (C=O) groups excluding carboxylic acids is 1. The van der Waals surface area contributed by atoms with Crippen LogP contribution in [0, 0.1) is 23.2 Å². The number of esters is 1. The molecule has 4 fully saturated rings. The Morgan fingerprint density at radius 2 is 1.85 bits per heavy atom. The highest BCUT2D eigenvalue weighted by atomic mass is 16.5. The first-order chi connectivity index (χ1) is 12.7. The molecule has 0 radical (unpaired) electrons. The van der Waals surface area contributed by atoms with Crippen LogP contribution < -0.4 is 20.3 Å². The third kappa shape index (κ3) is 2.16. The molecule has 6 aliphatic rings. The van der Waals surface area contributed by atoms with Crippen molar-refractivity contribution >= 4 is 5.97 Å². The van der Waals surface area contributed by atoms with E-state index in [1.165, 1.54) is 24.8 Å². The van der Waals surface area contributed by atoms with Crippen molar-refractivity contribution in [3.8, 4) is 11.5 Å². The summed E-state index contributed by atoms with van der Waals surface area (Å²) in [5.74, 6) is 3.73. The van der Waals surface area contributed by atoms with E-state index in [4.69, 9.17) is 9.47 Å². The lowest BCUT2D eigenvalue weighted by atomic mass is 9.49. The van der Waals surface area contributed by atoms with Crippen LogP contribution in [-0.4, -0.2) is 12.6 Å². The number of rotatable bonds is 2. The Morgan fingerprint density at radius 1 is 1.12 bits per heavy atom. The van der Waals surface area contributed by atoms with Gasteiger partial charge in [0.25, 0.3) is 0 Å². The lowest BCUT2D eigenvalue weighted by Crippen LogP contribution is -2.51. The molecule has 1 atom stereocenters. The third-order valence-corrected chi connectivity index (χ3v) is 7.22. The van der Waals surface area contributed by atoms with Crippen molar-refractivity contribution in [2.24, 2.45) is 23.2 Å². The first-order valence-corrected chi connectivity index (χ1v) is 9.88. The minimum Gasteiger partial charge on any atom is -0.489 e. The highest BCUT2D eigenvalue weighted by Crippen LogP contribution is 2.60. The molecule has 2 heterocycles. The number of hydrogen-bond acceptors (Lipinski definition) is 5. The highest BCUT2D eigenvalue weighted by Gasteiger charge is 2.55.